The Morgan fingerprint density at radius 2 is 1.80 bits per heavy atom. The summed E-state index contributed by atoms with van der Waals surface area (Å²) in [5, 5.41) is 3.28. The van der Waals surface area contributed by atoms with Crippen LogP contribution in [0.2, 0.25) is 0 Å². The lowest BCUT2D eigenvalue weighted by Gasteiger charge is -2.20. The van der Waals surface area contributed by atoms with Crippen molar-refractivity contribution >= 4 is 17.4 Å². The van der Waals surface area contributed by atoms with E-state index in [9.17, 15) is 0 Å². The van der Waals surface area contributed by atoms with E-state index in [2.05, 4.69) is 26.6 Å². The van der Waals surface area contributed by atoms with Gasteiger partial charge in [0.1, 0.15) is 19.0 Å². The first-order chi connectivity index (χ1) is 12.2. The van der Waals surface area contributed by atoms with Gasteiger partial charge in [-0.15, -0.1) is 0 Å². The lowest BCUT2D eigenvalue weighted by Crippen LogP contribution is -2.15. The van der Waals surface area contributed by atoms with Gasteiger partial charge in [0.05, 0.1) is 24.6 Å². The first-order valence-corrected chi connectivity index (χ1v) is 8.85. The average molecular weight is 354 g/mol. The number of aromatic nitrogens is 3. The zero-order valence-electron chi connectivity index (χ0n) is 14.1. The van der Waals surface area contributed by atoms with E-state index in [0.29, 0.717) is 19.8 Å². The van der Waals surface area contributed by atoms with E-state index >= 15 is 0 Å². The Morgan fingerprint density at radius 3 is 2.48 bits per heavy atom. The minimum Gasteiger partial charge on any atom is -0.486 e. The molecule has 1 aliphatic heterocycles. The van der Waals surface area contributed by atoms with Crippen LogP contribution in [0.15, 0.2) is 30.7 Å². The number of ether oxygens (including phenoxy) is 2. The first-order valence-electron chi connectivity index (χ1n) is 8.07. The van der Waals surface area contributed by atoms with E-state index in [1.54, 1.807) is 12.4 Å². The van der Waals surface area contributed by atoms with Gasteiger partial charge in [-0.05, 0) is 48.6 Å². The Kier molecular flexibility index (Phi) is 4.23. The van der Waals surface area contributed by atoms with Crippen LogP contribution in [0.25, 0.3) is 11.3 Å². The van der Waals surface area contributed by atoms with Crippen LogP contribution in [0.1, 0.15) is 16.0 Å². The summed E-state index contributed by atoms with van der Waals surface area (Å²) in [6.07, 6.45) is 5.41. The number of hydrogen-bond donors (Lipinski definition) is 1. The molecular weight excluding hydrogens is 336 g/mol. The van der Waals surface area contributed by atoms with Crippen LogP contribution in [0.4, 0.5) is 5.82 Å². The van der Waals surface area contributed by atoms with E-state index in [1.807, 2.05) is 25.3 Å². The van der Waals surface area contributed by atoms with Crippen LogP contribution >= 0.6 is 11.5 Å². The van der Waals surface area contributed by atoms with E-state index in [1.165, 1.54) is 22.0 Å². The molecule has 0 fully saturated rings. The monoisotopic (exact) mass is 354 g/mol. The smallest absolute Gasteiger partial charge is 0.162 e. The van der Waals surface area contributed by atoms with Crippen molar-refractivity contribution in [3.8, 4) is 22.8 Å². The first kappa shape index (κ1) is 15.8. The Balaban J connectivity index is 1.53. The van der Waals surface area contributed by atoms with Crippen molar-refractivity contribution < 1.29 is 9.47 Å². The zero-order valence-corrected chi connectivity index (χ0v) is 14.9. The van der Waals surface area contributed by atoms with E-state index in [0.717, 1.165) is 34.1 Å². The molecule has 0 unspecified atom stereocenters. The number of nitrogens with one attached hydrogen (secondary N) is 1. The zero-order chi connectivity index (χ0) is 17.2. The highest BCUT2D eigenvalue weighted by Gasteiger charge is 2.15. The third kappa shape index (κ3) is 3.28. The van der Waals surface area contributed by atoms with Gasteiger partial charge in [-0.2, -0.15) is 0 Å². The standard InChI is InChI=1S/C18H18N4O2S/c1-11-5-15-16(24-4-3-23-15)6-13(11)14-8-20-18(10-19-14)21-9-17-12(2)7-22-25-17/h5-8,10H,3-4,9H2,1-2H3,(H,20,21). The molecule has 7 heteroatoms. The molecule has 0 saturated heterocycles. The summed E-state index contributed by atoms with van der Waals surface area (Å²) in [7, 11) is 0. The van der Waals surface area contributed by atoms with Crippen LogP contribution in [0.3, 0.4) is 0 Å². The van der Waals surface area contributed by atoms with Gasteiger partial charge < -0.3 is 14.8 Å². The van der Waals surface area contributed by atoms with Crippen molar-refractivity contribution in [2.75, 3.05) is 18.5 Å². The number of anilines is 1. The Morgan fingerprint density at radius 1 is 1.00 bits per heavy atom. The fraction of sp³-hybridized carbons (Fsp3) is 0.278. The maximum absolute atomic E-state index is 5.67. The van der Waals surface area contributed by atoms with Gasteiger partial charge in [-0.3, -0.25) is 4.98 Å². The molecule has 3 heterocycles. The molecule has 6 nitrogen and oxygen atoms in total. The van der Waals surface area contributed by atoms with Crippen molar-refractivity contribution in [3.63, 3.8) is 0 Å². The normalized spacial score (nSPS) is 12.9. The minimum atomic E-state index is 0.570. The predicted octanol–water partition coefficient (Wildman–Crippen LogP) is 3.60. The van der Waals surface area contributed by atoms with Crippen molar-refractivity contribution in [1.29, 1.82) is 0 Å². The van der Waals surface area contributed by atoms with E-state index in [-0.39, 0.29) is 0 Å². The third-order valence-corrected chi connectivity index (χ3v) is 4.99. The van der Waals surface area contributed by atoms with Crippen LogP contribution in [-0.4, -0.2) is 27.6 Å². The van der Waals surface area contributed by atoms with Crippen LogP contribution < -0.4 is 14.8 Å². The third-order valence-electron chi connectivity index (χ3n) is 4.10. The van der Waals surface area contributed by atoms with Gasteiger partial charge in [0, 0.05) is 16.6 Å². The van der Waals surface area contributed by atoms with E-state index in [4.69, 9.17) is 9.47 Å². The van der Waals surface area contributed by atoms with Gasteiger partial charge in [0.15, 0.2) is 11.5 Å². The fourth-order valence-corrected chi connectivity index (χ4v) is 3.35. The molecule has 0 spiro atoms. The number of aryl methyl sites for hydroxylation is 2. The number of benzene rings is 1. The number of hydrogen-bond acceptors (Lipinski definition) is 7. The summed E-state index contributed by atoms with van der Waals surface area (Å²) in [5.74, 6) is 2.29. The molecule has 0 bridgehead atoms. The lowest BCUT2D eigenvalue weighted by molar-refractivity contribution is 0.171. The molecule has 2 aromatic heterocycles. The summed E-state index contributed by atoms with van der Waals surface area (Å²) in [4.78, 5) is 10.2. The van der Waals surface area contributed by atoms with Crippen molar-refractivity contribution in [3.05, 3.63) is 46.7 Å². The maximum atomic E-state index is 5.67. The van der Waals surface area contributed by atoms with Crippen LogP contribution in [-0.2, 0) is 6.54 Å². The molecule has 0 atom stereocenters. The summed E-state index contributed by atoms with van der Waals surface area (Å²) in [6, 6.07) is 3.96. The Bertz CT molecular complexity index is 893. The molecular formula is C18H18N4O2S. The topological polar surface area (TPSA) is 69.2 Å². The minimum absolute atomic E-state index is 0.570. The lowest BCUT2D eigenvalue weighted by atomic mass is 10.0. The number of fused-ring (bicyclic) bond motifs is 1. The van der Waals surface area contributed by atoms with Gasteiger partial charge in [0.2, 0.25) is 0 Å². The second kappa shape index (κ2) is 6.68. The fourth-order valence-electron chi connectivity index (χ4n) is 2.68. The highest BCUT2D eigenvalue weighted by Crippen LogP contribution is 2.36. The molecule has 25 heavy (non-hydrogen) atoms. The molecule has 0 aliphatic carbocycles. The average Bonchev–Trinajstić information content (AvgIpc) is 3.05. The largest absolute Gasteiger partial charge is 0.486 e. The number of rotatable bonds is 4. The second-order valence-electron chi connectivity index (χ2n) is 5.88. The molecule has 1 N–H and O–H groups in total. The van der Waals surface area contributed by atoms with Crippen molar-refractivity contribution in [2.24, 2.45) is 0 Å². The summed E-state index contributed by atoms with van der Waals surface area (Å²) in [5.41, 5.74) is 4.09. The molecule has 4 rings (SSSR count). The summed E-state index contributed by atoms with van der Waals surface area (Å²) in [6.45, 7) is 5.95. The van der Waals surface area contributed by atoms with Crippen LogP contribution in [0, 0.1) is 13.8 Å². The highest BCUT2D eigenvalue weighted by atomic mass is 32.1. The quantitative estimate of drug-likeness (QED) is 0.772. The van der Waals surface area contributed by atoms with Gasteiger partial charge >= 0.3 is 0 Å². The molecule has 128 valence electrons. The molecule has 1 aliphatic rings. The van der Waals surface area contributed by atoms with Crippen LogP contribution in [0.5, 0.6) is 11.5 Å². The maximum Gasteiger partial charge on any atom is 0.162 e. The molecule has 1 aromatic carbocycles. The van der Waals surface area contributed by atoms with E-state index < -0.39 is 0 Å². The highest BCUT2D eigenvalue weighted by molar-refractivity contribution is 7.05. The molecule has 0 saturated carbocycles. The van der Waals surface area contributed by atoms with Crippen molar-refractivity contribution in [2.45, 2.75) is 20.4 Å². The van der Waals surface area contributed by atoms with Gasteiger partial charge in [-0.1, -0.05) is 0 Å². The second-order valence-corrected chi connectivity index (χ2v) is 6.77. The predicted molar refractivity (Wildman–Crippen MR) is 97.4 cm³/mol. The summed E-state index contributed by atoms with van der Waals surface area (Å²) >= 11 is 1.50. The molecule has 0 amide bonds. The van der Waals surface area contributed by atoms with Gasteiger partial charge in [0.25, 0.3) is 0 Å². The SMILES string of the molecule is Cc1cc2c(cc1-c1cnc(NCc3sncc3C)cn1)OCCO2. The molecule has 3 aromatic rings. The molecule has 0 radical (unpaired) electrons. The Hall–Kier alpha value is -2.67. The number of nitrogens with zero attached hydrogens (tertiary/aromatic N) is 3. The summed E-state index contributed by atoms with van der Waals surface area (Å²) < 4.78 is 15.5. The Labute approximate surface area is 150 Å². The van der Waals surface area contributed by atoms with Crippen molar-refractivity contribution in [1.82, 2.24) is 14.3 Å². The van der Waals surface area contributed by atoms with Gasteiger partial charge in [-0.25, -0.2) is 9.36 Å².